The van der Waals surface area contributed by atoms with Crippen LogP contribution < -0.4 is 0 Å². The number of amides is 1. The third-order valence-corrected chi connectivity index (χ3v) is 3.46. The quantitative estimate of drug-likeness (QED) is 0.761. The summed E-state index contributed by atoms with van der Waals surface area (Å²) in [6, 6.07) is -0.122. The molecule has 2 rings (SSSR count). The summed E-state index contributed by atoms with van der Waals surface area (Å²) in [6.45, 7) is 5.45. The Bertz CT molecular complexity index is 347. The maximum absolute atomic E-state index is 12.0. The van der Waals surface area contributed by atoms with Crippen LogP contribution in [0.2, 0.25) is 0 Å². The lowest BCUT2D eigenvalue weighted by atomic mass is 9.89. The lowest BCUT2D eigenvalue weighted by Crippen LogP contribution is -2.41. The predicted molar refractivity (Wildman–Crippen MR) is 60.6 cm³/mol. The second kappa shape index (κ2) is 3.89. The van der Waals surface area contributed by atoms with Crippen LogP contribution in [0.15, 0.2) is 0 Å². The van der Waals surface area contributed by atoms with Crippen molar-refractivity contribution in [3.63, 3.8) is 0 Å². The van der Waals surface area contributed by atoms with E-state index in [1.165, 1.54) is 0 Å². The number of fused-ring (bicyclic) bond motifs is 2. The van der Waals surface area contributed by atoms with E-state index in [4.69, 9.17) is 9.84 Å². The molecule has 3 unspecified atom stereocenters. The summed E-state index contributed by atoms with van der Waals surface area (Å²) in [6.07, 6.45) is 1.88. The van der Waals surface area contributed by atoms with Crippen LogP contribution in [-0.2, 0) is 9.53 Å². The van der Waals surface area contributed by atoms with Crippen molar-refractivity contribution < 1.29 is 19.4 Å². The van der Waals surface area contributed by atoms with Crippen LogP contribution in [0.4, 0.5) is 4.79 Å². The minimum atomic E-state index is -0.800. The lowest BCUT2D eigenvalue weighted by molar-refractivity contribution is -0.142. The van der Waals surface area contributed by atoms with Gasteiger partial charge >= 0.3 is 12.1 Å². The van der Waals surface area contributed by atoms with Crippen LogP contribution in [0.3, 0.4) is 0 Å². The van der Waals surface area contributed by atoms with E-state index in [-0.39, 0.29) is 18.2 Å². The molecule has 2 saturated heterocycles. The first-order valence-corrected chi connectivity index (χ1v) is 6.04. The number of carboxylic acids is 1. The molecule has 0 aromatic carbocycles. The molecule has 2 fully saturated rings. The molecule has 1 amide bonds. The summed E-state index contributed by atoms with van der Waals surface area (Å²) in [5.74, 6) is -1.22. The Labute approximate surface area is 101 Å². The Balaban J connectivity index is 2.08. The first-order chi connectivity index (χ1) is 7.79. The summed E-state index contributed by atoms with van der Waals surface area (Å²) in [5.41, 5.74) is -0.530. The summed E-state index contributed by atoms with van der Waals surface area (Å²) in [5, 5.41) is 9.09. The zero-order valence-electron chi connectivity index (χ0n) is 10.5. The molecule has 0 spiro atoms. The number of hydrogen-bond donors (Lipinski definition) is 1. The third kappa shape index (κ3) is 2.23. The number of carboxylic acid groups (broad SMARTS) is 1. The highest BCUT2D eigenvalue weighted by molar-refractivity contribution is 5.76. The number of hydrogen-bond acceptors (Lipinski definition) is 3. The molecular weight excluding hydrogens is 222 g/mol. The Hall–Kier alpha value is -1.26. The van der Waals surface area contributed by atoms with Crippen molar-refractivity contribution in [1.29, 1.82) is 0 Å². The zero-order chi connectivity index (χ0) is 12.8. The molecule has 96 valence electrons. The van der Waals surface area contributed by atoms with Crippen LogP contribution in [0.25, 0.3) is 0 Å². The molecule has 2 heterocycles. The van der Waals surface area contributed by atoms with Gasteiger partial charge in [-0.25, -0.2) is 4.79 Å². The minimum absolute atomic E-state index is 0.0518. The van der Waals surface area contributed by atoms with Gasteiger partial charge in [-0.3, -0.25) is 4.79 Å². The zero-order valence-corrected chi connectivity index (χ0v) is 10.5. The van der Waals surface area contributed by atoms with Gasteiger partial charge in [0.1, 0.15) is 5.60 Å². The summed E-state index contributed by atoms with van der Waals surface area (Å²) >= 11 is 0. The van der Waals surface area contributed by atoms with E-state index in [0.29, 0.717) is 6.42 Å². The molecule has 3 atom stereocenters. The lowest BCUT2D eigenvalue weighted by Gasteiger charge is -2.27. The molecule has 0 aliphatic carbocycles. The van der Waals surface area contributed by atoms with Crippen molar-refractivity contribution in [2.45, 2.75) is 57.7 Å². The molecule has 1 N–H and O–H groups in total. The highest BCUT2D eigenvalue weighted by atomic mass is 16.6. The standard InChI is InChI=1S/C12H19NO4/c1-12(2,3)17-11(16)13-7-4-5-9(13)8(6-7)10(14)15/h7-9H,4-6H2,1-3H3,(H,14,15). The highest BCUT2D eigenvalue weighted by Gasteiger charge is 2.52. The molecule has 2 aliphatic rings. The fraction of sp³-hybridized carbons (Fsp3) is 0.833. The van der Waals surface area contributed by atoms with Crippen molar-refractivity contribution in [2.24, 2.45) is 5.92 Å². The first-order valence-electron chi connectivity index (χ1n) is 6.04. The average molecular weight is 241 g/mol. The topological polar surface area (TPSA) is 66.8 Å². The maximum atomic E-state index is 12.0. The van der Waals surface area contributed by atoms with E-state index in [1.54, 1.807) is 4.90 Å². The van der Waals surface area contributed by atoms with E-state index >= 15 is 0 Å². The van der Waals surface area contributed by atoms with E-state index in [1.807, 2.05) is 20.8 Å². The van der Waals surface area contributed by atoms with Gasteiger partial charge in [-0.05, 0) is 40.0 Å². The second-order valence-corrected chi connectivity index (χ2v) is 5.87. The van der Waals surface area contributed by atoms with Gasteiger partial charge < -0.3 is 14.7 Å². The summed E-state index contributed by atoms with van der Waals surface area (Å²) in [4.78, 5) is 24.7. The van der Waals surface area contributed by atoms with E-state index in [2.05, 4.69) is 0 Å². The van der Waals surface area contributed by atoms with Crippen LogP contribution in [0.1, 0.15) is 40.0 Å². The van der Waals surface area contributed by atoms with E-state index < -0.39 is 17.5 Å². The average Bonchev–Trinajstić information content (AvgIpc) is 2.70. The molecule has 0 aromatic rings. The number of ether oxygens (including phenoxy) is 1. The van der Waals surface area contributed by atoms with Gasteiger partial charge in [0, 0.05) is 12.1 Å². The number of carbonyl (C=O) groups is 2. The minimum Gasteiger partial charge on any atom is -0.481 e. The Morgan fingerprint density at radius 1 is 1.29 bits per heavy atom. The molecular formula is C12H19NO4. The summed E-state index contributed by atoms with van der Waals surface area (Å²) in [7, 11) is 0. The fourth-order valence-electron chi connectivity index (χ4n) is 2.85. The molecule has 0 aromatic heterocycles. The Kier molecular flexibility index (Phi) is 2.79. The van der Waals surface area contributed by atoms with Crippen LogP contribution in [0, 0.1) is 5.92 Å². The van der Waals surface area contributed by atoms with Crippen LogP contribution in [-0.4, -0.2) is 39.8 Å². The highest BCUT2D eigenvalue weighted by Crippen LogP contribution is 2.42. The molecule has 5 nitrogen and oxygen atoms in total. The van der Waals surface area contributed by atoms with Gasteiger partial charge in [-0.15, -0.1) is 0 Å². The first kappa shape index (κ1) is 12.2. The van der Waals surface area contributed by atoms with Crippen molar-refractivity contribution >= 4 is 12.1 Å². The number of carbonyl (C=O) groups excluding carboxylic acids is 1. The van der Waals surface area contributed by atoms with Gasteiger partial charge in [-0.2, -0.15) is 0 Å². The smallest absolute Gasteiger partial charge is 0.410 e. The largest absolute Gasteiger partial charge is 0.481 e. The van der Waals surface area contributed by atoms with Gasteiger partial charge in [0.05, 0.1) is 5.92 Å². The Morgan fingerprint density at radius 2 is 1.94 bits per heavy atom. The van der Waals surface area contributed by atoms with E-state index in [9.17, 15) is 9.59 Å². The third-order valence-electron chi connectivity index (χ3n) is 3.46. The van der Waals surface area contributed by atoms with Gasteiger partial charge in [-0.1, -0.05) is 0 Å². The summed E-state index contributed by atoms with van der Waals surface area (Å²) < 4.78 is 5.32. The van der Waals surface area contributed by atoms with Crippen molar-refractivity contribution in [2.75, 3.05) is 0 Å². The van der Waals surface area contributed by atoms with Crippen LogP contribution in [0.5, 0.6) is 0 Å². The molecule has 0 saturated carbocycles. The van der Waals surface area contributed by atoms with Gasteiger partial charge in [0.2, 0.25) is 0 Å². The fourth-order valence-corrected chi connectivity index (χ4v) is 2.85. The maximum Gasteiger partial charge on any atom is 0.410 e. The number of aliphatic carboxylic acids is 1. The Morgan fingerprint density at radius 3 is 2.41 bits per heavy atom. The van der Waals surface area contributed by atoms with Gasteiger partial charge in [0.25, 0.3) is 0 Å². The van der Waals surface area contributed by atoms with Gasteiger partial charge in [0.15, 0.2) is 0 Å². The molecule has 0 radical (unpaired) electrons. The molecule has 2 bridgehead atoms. The SMILES string of the molecule is CC(C)(C)OC(=O)N1C2CCC1C(C(=O)O)C2. The second-order valence-electron chi connectivity index (χ2n) is 5.87. The number of nitrogens with zero attached hydrogens (tertiary/aromatic N) is 1. The number of rotatable bonds is 1. The monoisotopic (exact) mass is 241 g/mol. The molecule has 17 heavy (non-hydrogen) atoms. The van der Waals surface area contributed by atoms with E-state index in [0.717, 1.165) is 12.8 Å². The van der Waals surface area contributed by atoms with Crippen molar-refractivity contribution in [3.8, 4) is 0 Å². The molecule has 2 aliphatic heterocycles. The molecule has 5 heteroatoms. The van der Waals surface area contributed by atoms with Crippen LogP contribution >= 0.6 is 0 Å². The van der Waals surface area contributed by atoms with Crippen molar-refractivity contribution in [1.82, 2.24) is 4.90 Å². The van der Waals surface area contributed by atoms with Crippen molar-refractivity contribution in [3.05, 3.63) is 0 Å². The predicted octanol–water partition coefficient (Wildman–Crippen LogP) is 1.86. The normalized spacial score (nSPS) is 31.7.